The molecule has 2 rings (SSSR count). The van der Waals surface area contributed by atoms with Crippen LogP contribution in [-0.4, -0.2) is 17.0 Å². The van der Waals surface area contributed by atoms with Gasteiger partial charge in [-0.1, -0.05) is 0 Å². The number of fused-ring (bicyclic) bond motifs is 1. The largest absolute Gasteiger partial charge is 0.497 e. The highest BCUT2D eigenvalue weighted by atomic mass is 32.2. The molecule has 0 bridgehead atoms. The molecular formula is C10H7N3O3S. The van der Waals surface area contributed by atoms with Gasteiger partial charge in [-0.25, -0.2) is 0 Å². The van der Waals surface area contributed by atoms with E-state index in [0.29, 0.717) is 16.7 Å². The number of rotatable bonds is 3. The lowest BCUT2D eigenvalue weighted by Crippen LogP contribution is -1.87. The molecule has 1 aromatic heterocycles. The van der Waals surface area contributed by atoms with E-state index in [1.165, 1.54) is 7.11 Å². The van der Waals surface area contributed by atoms with Crippen molar-refractivity contribution >= 4 is 28.4 Å². The fraction of sp³-hybridized carbons (Fsp3) is 0.100. The monoisotopic (exact) mass is 249 g/mol. The number of aromatic nitrogens is 1. The van der Waals surface area contributed by atoms with Crippen LogP contribution < -0.4 is 4.74 Å². The minimum absolute atomic E-state index is 0.0748. The van der Waals surface area contributed by atoms with Crippen LogP contribution in [0.4, 0.5) is 5.69 Å². The third-order valence-electron chi connectivity index (χ3n) is 2.28. The Morgan fingerprint density at radius 3 is 2.94 bits per heavy atom. The fourth-order valence-corrected chi connectivity index (χ4v) is 2.10. The summed E-state index contributed by atoms with van der Waals surface area (Å²) in [6.07, 6.45) is 0. The van der Waals surface area contributed by atoms with Crippen molar-refractivity contribution in [3.05, 3.63) is 28.3 Å². The number of benzene rings is 1. The van der Waals surface area contributed by atoms with E-state index in [1.54, 1.807) is 18.2 Å². The number of nitriles is 1. The van der Waals surface area contributed by atoms with Gasteiger partial charge in [0.15, 0.2) is 5.03 Å². The van der Waals surface area contributed by atoms with Gasteiger partial charge < -0.3 is 9.72 Å². The SMILES string of the molecule is COc1ccc2c([N+](=O)[O-])c(SC#N)[nH]c2c1. The number of H-pyrrole nitrogens is 1. The second-order valence-electron chi connectivity index (χ2n) is 3.16. The summed E-state index contributed by atoms with van der Waals surface area (Å²) in [6, 6.07) is 4.90. The summed E-state index contributed by atoms with van der Waals surface area (Å²) in [7, 11) is 1.52. The summed E-state index contributed by atoms with van der Waals surface area (Å²) >= 11 is 0.737. The van der Waals surface area contributed by atoms with Crippen LogP contribution in [0.1, 0.15) is 0 Å². The van der Waals surface area contributed by atoms with Crippen molar-refractivity contribution < 1.29 is 9.66 Å². The molecule has 86 valence electrons. The smallest absolute Gasteiger partial charge is 0.309 e. The number of nitro groups is 1. The Hall–Kier alpha value is -2.20. The maximum absolute atomic E-state index is 11.0. The van der Waals surface area contributed by atoms with Crippen LogP contribution in [0.2, 0.25) is 0 Å². The molecule has 0 aliphatic heterocycles. The molecule has 0 unspecified atom stereocenters. The molecule has 0 radical (unpaired) electrons. The summed E-state index contributed by atoms with van der Waals surface area (Å²) in [6.45, 7) is 0. The zero-order valence-electron chi connectivity index (χ0n) is 8.76. The van der Waals surface area contributed by atoms with Crippen LogP contribution in [0.25, 0.3) is 10.9 Å². The van der Waals surface area contributed by atoms with Crippen molar-refractivity contribution in [3.8, 4) is 11.2 Å². The second-order valence-corrected chi connectivity index (χ2v) is 3.96. The molecule has 0 spiro atoms. The molecule has 0 aliphatic rings. The Bertz CT molecular complexity index is 629. The lowest BCUT2D eigenvalue weighted by Gasteiger charge is -1.97. The van der Waals surface area contributed by atoms with Gasteiger partial charge in [-0.3, -0.25) is 10.1 Å². The maximum Gasteiger partial charge on any atom is 0.309 e. The number of hydrogen-bond donors (Lipinski definition) is 1. The number of ether oxygens (including phenoxy) is 1. The molecule has 0 amide bonds. The normalized spacial score (nSPS) is 10.1. The third-order valence-corrected chi connectivity index (χ3v) is 2.87. The summed E-state index contributed by atoms with van der Waals surface area (Å²) in [4.78, 5) is 13.3. The average Bonchev–Trinajstić information content (AvgIpc) is 2.66. The summed E-state index contributed by atoms with van der Waals surface area (Å²) < 4.78 is 5.03. The molecule has 0 fully saturated rings. The predicted molar refractivity (Wildman–Crippen MR) is 63.0 cm³/mol. The van der Waals surface area contributed by atoms with Gasteiger partial charge in [0.25, 0.3) is 0 Å². The standard InChI is InChI=1S/C10H7N3O3S/c1-16-6-2-3-7-8(4-6)12-10(17-5-11)9(7)13(14)15/h2-4,12H,1H3. The number of hydrogen-bond acceptors (Lipinski definition) is 5. The Kier molecular flexibility index (Phi) is 2.89. The summed E-state index contributed by atoms with van der Waals surface area (Å²) in [5, 5.41) is 22.1. The molecule has 0 atom stereocenters. The first kappa shape index (κ1) is 11.3. The Morgan fingerprint density at radius 1 is 1.59 bits per heavy atom. The van der Waals surface area contributed by atoms with E-state index in [2.05, 4.69) is 4.98 Å². The first-order valence-corrected chi connectivity index (χ1v) is 5.39. The molecule has 1 heterocycles. The van der Waals surface area contributed by atoms with Gasteiger partial charge in [-0.05, 0) is 12.1 Å². The van der Waals surface area contributed by atoms with Crippen molar-refractivity contribution in [2.45, 2.75) is 5.03 Å². The van der Waals surface area contributed by atoms with Crippen LogP contribution in [0.3, 0.4) is 0 Å². The van der Waals surface area contributed by atoms with Crippen molar-refractivity contribution in [1.82, 2.24) is 4.98 Å². The summed E-state index contributed by atoms with van der Waals surface area (Å²) in [5.41, 5.74) is 0.503. The van der Waals surface area contributed by atoms with Crippen LogP contribution in [-0.2, 0) is 0 Å². The highest BCUT2D eigenvalue weighted by Crippen LogP contribution is 2.36. The van der Waals surface area contributed by atoms with Gasteiger partial charge in [-0.15, -0.1) is 0 Å². The number of aromatic amines is 1. The molecule has 17 heavy (non-hydrogen) atoms. The van der Waals surface area contributed by atoms with Crippen molar-refractivity contribution in [3.63, 3.8) is 0 Å². The molecule has 0 saturated heterocycles. The maximum atomic E-state index is 11.0. The molecule has 1 N–H and O–H groups in total. The van der Waals surface area contributed by atoms with Gasteiger partial charge in [0.2, 0.25) is 0 Å². The molecule has 0 saturated carbocycles. The van der Waals surface area contributed by atoms with Crippen LogP contribution in [0.15, 0.2) is 23.2 Å². The van der Waals surface area contributed by atoms with E-state index in [0.717, 1.165) is 11.8 Å². The minimum atomic E-state index is -0.495. The number of nitrogens with zero attached hydrogens (tertiary/aromatic N) is 2. The molecular weight excluding hydrogens is 242 g/mol. The topological polar surface area (TPSA) is 91.9 Å². The second kappa shape index (κ2) is 4.35. The first-order chi connectivity index (χ1) is 8.17. The first-order valence-electron chi connectivity index (χ1n) is 4.57. The van der Waals surface area contributed by atoms with E-state index >= 15 is 0 Å². The summed E-state index contributed by atoms with van der Waals surface area (Å²) in [5.74, 6) is 0.599. The minimum Gasteiger partial charge on any atom is -0.497 e. The van der Waals surface area contributed by atoms with Crippen LogP contribution in [0.5, 0.6) is 5.75 Å². The average molecular weight is 249 g/mol. The zero-order valence-corrected chi connectivity index (χ0v) is 9.58. The predicted octanol–water partition coefficient (Wildman–Crippen LogP) is 2.66. The number of nitrogens with one attached hydrogen (secondary N) is 1. The van der Waals surface area contributed by atoms with Gasteiger partial charge in [0.05, 0.1) is 22.9 Å². The number of methoxy groups -OCH3 is 1. The molecule has 1 aromatic carbocycles. The number of thiocyanates is 1. The van der Waals surface area contributed by atoms with Crippen molar-refractivity contribution in [2.24, 2.45) is 0 Å². The van der Waals surface area contributed by atoms with Gasteiger partial charge in [-0.2, -0.15) is 5.26 Å². The highest BCUT2D eigenvalue weighted by molar-refractivity contribution is 8.03. The lowest BCUT2D eigenvalue weighted by atomic mass is 10.2. The van der Waals surface area contributed by atoms with Crippen molar-refractivity contribution in [1.29, 1.82) is 5.26 Å². The lowest BCUT2D eigenvalue weighted by molar-refractivity contribution is -0.386. The van der Waals surface area contributed by atoms with Crippen LogP contribution in [0, 0.1) is 20.8 Å². The number of thioether (sulfide) groups is 1. The van der Waals surface area contributed by atoms with Crippen LogP contribution >= 0.6 is 11.8 Å². The van der Waals surface area contributed by atoms with E-state index in [9.17, 15) is 10.1 Å². The van der Waals surface area contributed by atoms with Crippen molar-refractivity contribution in [2.75, 3.05) is 7.11 Å². The van der Waals surface area contributed by atoms with E-state index in [-0.39, 0.29) is 10.7 Å². The quantitative estimate of drug-likeness (QED) is 0.390. The Balaban J connectivity index is 2.70. The van der Waals surface area contributed by atoms with E-state index in [4.69, 9.17) is 10.00 Å². The highest BCUT2D eigenvalue weighted by Gasteiger charge is 2.22. The molecule has 6 nitrogen and oxygen atoms in total. The zero-order chi connectivity index (χ0) is 12.4. The van der Waals surface area contributed by atoms with Gasteiger partial charge in [0.1, 0.15) is 11.2 Å². The van der Waals surface area contributed by atoms with E-state index < -0.39 is 4.92 Å². The fourth-order valence-electron chi connectivity index (χ4n) is 1.56. The third kappa shape index (κ3) is 1.90. The van der Waals surface area contributed by atoms with Gasteiger partial charge in [0, 0.05) is 17.8 Å². The van der Waals surface area contributed by atoms with Gasteiger partial charge >= 0.3 is 5.69 Å². The Morgan fingerprint density at radius 2 is 2.35 bits per heavy atom. The molecule has 0 aliphatic carbocycles. The Labute approximate surface area is 100 Å². The molecule has 7 heteroatoms. The molecule has 2 aromatic rings. The van der Waals surface area contributed by atoms with E-state index in [1.807, 2.05) is 5.40 Å².